The van der Waals surface area contributed by atoms with Gasteiger partial charge in [0.05, 0.1) is 0 Å². The van der Waals surface area contributed by atoms with E-state index in [9.17, 15) is 13.2 Å². The van der Waals surface area contributed by atoms with Crippen LogP contribution in [0.25, 0.3) is 11.1 Å². The Morgan fingerprint density at radius 3 is 2.31 bits per heavy atom. The van der Waals surface area contributed by atoms with E-state index in [1.165, 1.54) is 0 Å². The minimum atomic E-state index is -4.55. The predicted octanol–water partition coefficient (Wildman–Crippen LogP) is 5.50. The second-order valence-electron chi connectivity index (χ2n) is 9.66. The highest BCUT2D eigenvalue weighted by Gasteiger charge is 2.42. The normalized spacial score (nSPS) is 13.8. The fourth-order valence-electron chi connectivity index (χ4n) is 3.60. The molecule has 3 aromatic heterocycles. The fraction of sp³-hybridized carbons (Fsp3) is 0.333. The molecule has 1 atom stereocenters. The van der Waals surface area contributed by atoms with Crippen LogP contribution < -0.4 is 10.6 Å². The molecule has 0 aliphatic heterocycles. The van der Waals surface area contributed by atoms with Crippen LogP contribution in [0, 0.1) is 12.3 Å². The molecule has 4 rings (SSSR count). The third kappa shape index (κ3) is 5.26. The molecular formula is C24H26F3N9. The summed E-state index contributed by atoms with van der Waals surface area (Å²) in [5, 5.41) is 20.7. The van der Waals surface area contributed by atoms with Crippen molar-refractivity contribution in [3.8, 4) is 11.1 Å². The smallest absolute Gasteiger partial charge is 0.357 e. The third-order valence-electron chi connectivity index (χ3n) is 6.07. The lowest BCUT2D eigenvalue weighted by Crippen LogP contribution is -2.45. The number of aryl methyl sites for hydroxylation is 1. The number of rotatable bonds is 6. The Morgan fingerprint density at radius 1 is 0.917 bits per heavy atom. The first kappa shape index (κ1) is 25.0. The van der Waals surface area contributed by atoms with Gasteiger partial charge in [0.1, 0.15) is 17.1 Å². The number of hydrogen-bond donors (Lipinski definition) is 3. The van der Waals surface area contributed by atoms with Crippen molar-refractivity contribution in [3.63, 3.8) is 0 Å². The minimum Gasteiger partial charge on any atom is -0.357 e. The van der Waals surface area contributed by atoms with Crippen LogP contribution in [0.1, 0.15) is 44.8 Å². The summed E-state index contributed by atoms with van der Waals surface area (Å²) < 4.78 is 39.0. The van der Waals surface area contributed by atoms with Gasteiger partial charge in [-0.05, 0) is 71.1 Å². The number of alkyl halides is 3. The van der Waals surface area contributed by atoms with Gasteiger partial charge in [-0.2, -0.15) is 13.2 Å². The zero-order valence-electron chi connectivity index (χ0n) is 20.4. The van der Waals surface area contributed by atoms with Crippen LogP contribution in [-0.4, -0.2) is 35.6 Å². The molecule has 0 radical (unpaired) electrons. The summed E-state index contributed by atoms with van der Waals surface area (Å²) >= 11 is 0. The molecule has 36 heavy (non-hydrogen) atoms. The lowest BCUT2D eigenvalue weighted by molar-refractivity contribution is -0.141. The van der Waals surface area contributed by atoms with E-state index in [0.717, 1.165) is 29.0 Å². The number of nitrogens with one attached hydrogen (secondary N) is 3. The van der Waals surface area contributed by atoms with Crippen molar-refractivity contribution in [2.24, 2.45) is 5.41 Å². The Hall–Kier alpha value is -4.09. The average Bonchev–Trinajstić information content (AvgIpc) is 3.34. The molecule has 0 fully saturated rings. The van der Waals surface area contributed by atoms with Crippen LogP contribution >= 0.6 is 0 Å². The highest BCUT2D eigenvalue weighted by molar-refractivity contribution is 5.71. The lowest BCUT2D eigenvalue weighted by Gasteiger charge is -2.40. The minimum absolute atomic E-state index is 0.137. The standard InChI is InChI=1S/C24H26F3N9/c1-14-10-16(12-17(11-14)30-21-28-9-8-18(31-21)24(25,26)27)15-6-7-19(29-13-15)32-23(5,22(2,3)4)20-33-35-36-34-20/h6-13H,1-5H3,(H,29,32)(H,28,30,31)(H,33,34,35,36). The summed E-state index contributed by atoms with van der Waals surface area (Å²) in [7, 11) is 0. The number of anilines is 3. The second kappa shape index (κ2) is 9.17. The molecule has 3 N–H and O–H groups in total. The predicted molar refractivity (Wildman–Crippen MR) is 129 cm³/mol. The summed E-state index contributed by atoms with van der Waals surface area (Å²) in [6, 6.07) is 10.2. The topological polar surface area (TPSA) is 117 Å². The first-order chi connectivity index (χ1) is 16.8. The van der Waals surface area contributed by atoms with Crippen molar-refractivity contribution in [2.75, 3.05) is 10.6 Å². The van der Waals surface area contributed by atoms with Crippen molar-refractivity contribution >= 4 is 17.5 Å². The van der Waals surface area contributed by atoms with E-state index in [4.69, 9.17) is 0 Å². The highest BCUT2D eigenvalue weighted by Crippen LogP contribution is 2.40. The first-order valence-corrected chi connectivity index (χ1v) is 11.1. The first-order valence-electron chi connectivity index (χ1n) is 11.1. The number of pyridine rings is 1. The number of halogens is 3. The molecule has 0 aliphatic rings. The van der Waals surface area contributed by atoms with E-state index in [1.807, 2.05) is 32.0 Å². The van der Waals surface area contributed by atoms with Crippen LogP contribution in [0.2, 0.25) is 0 Å². The van der Waals surface area contributed by atoms with E-state index in [1.54, 1.807) is 18.3 Å². The van der Waals surface area contributed by atoms with Gasteiger partial charge in [0, 0.05) is 23.6 Å². The number of aromatic nitrogens is 7. The number of hydrogen-bond acceptors (Lipinski definition) is 8. The van der Waals surface area contributed by atoms with Crippen LogP contribution in [0.3, 0.4) is 0 Å². The molecule has 1 unspecified atom stereocenters. The molecular weight excluding hydrogens is 471 g/mol. The molecule has 4 aromatic rings. The number of tetrazole rings is 1. The van der Waals surface area contributed by atoms with Gasteiger partial charge in [0.15, 0.2) is 5.82 Å². The van der Waals surface area contributed by atoms with Crippen LogP contribution in [0.15, 0.2) is 48.8 Å². The molecule has 188 valence electrons. The Labute approximate surface area is 206 Å². The number of benzene rings is 1. The van der Waals surface area contributed by atoms with Gasteiger partial charge < -0.3 is 10.6 Å². The zero-order valence-corrected chi connectivity index (χ0v) is 20.4. The van der Waals surface area contributed by atoms with E-state index in [2.05, 4.69) is 67.0 Å². The summed E-state index contributed by atoms with van der Waals surface area (Å²) in [6.45, 7) is 10.1. The molecule has 0 bridgehead atoms. The fourth-order valence-corrected chi connectivity index (χ4v) is 3.60. The number of H-pyrrole nitrogens is 1. The van der Waals surface area contributed by atoms with Gasteiger partial charge in [0.25, 0.3) is 0 Å². The largest absolute Gasteiger partial charge is 0.433 e. The number of aromatic amines is 1. The van der Waals surface area contributed by atoms with Crippen LogP contribution in [-0.2, 0) is 11.7 Å². The van der Waals surface area contributed by atoms with E-state index in [-0.39, 0.29) is 11.4 Å². The third-order valence-corrected chi connectivity index (χ3v) is 6.07. The Bertz CT molecular complexity index is 1330. The van der Waals surface area contributed by atoms with Gasteiger partial charge in [-0.25, -0.2) is 20.1 Å². The summed E-state index contributed by atoms with van der Waals surface area (Å²) in [5.41, 5.74) is 1.24. The Balaban J connectivity index is 1.58. The molecule has 0 saturated heterocycles. The van der Waals surface area contributed by atoms with Gasteiger partial charge in [-0.3, -0.25) is 0 Å². The Morgan fingerprint density at radius 2 is 1.69 bits per heavy atom. The highest BCUT2D eigenvalue weighted by atomic mass is 19.4. The molecule has 0 amide bonds. The summed E-state index contributed by atoms with van der Waals surface area (Å²) in [5.74, 6) is 1.09. The monoisotopic (exact) mass is 497 g/mol. The second-order valence-corrected chi connectivity index (χ2v) is 9.66. The van der Waals surface area contributed by atoms with Crippen molar-refractivity contribution in [1.82, 2.24) is 35.6 Å². The maximum Gasteiger partial charge on any atom is 0.433 e. The Kier molecular flexibility index (Phi) is 6.37. The molecule has 1 aromatic carbocycles. The molecule has 0 saturated carbocycles. The van der Waals surface area contributed by atoms with Crippen LogP contribution in [0.4, 0.5) is 30.6 Å². The zero-order chi connectivity index (χ0) is 26.1. The quantitative estimate of drug-likeness (QED) is 0.320. The van der Waals surface area contributed by atoms with Crippen LogP contribution in [0.5, 0.6) is 0 Å². The van der Waals surface area contributed by atoms with E-state index < -0.39 is 17.4 Å². The van der Waals surface area contributed by atoms with Crippen molar-refractivity contribution in [3.05, 3.63) is 65.9 Å². The molecule has 0 spiro atoms. The molecule has 3 heterocycles. The number of nitrogens with zero attached hydrogens (tertiary/aromatic N) is 6. The van der Waals surface area contributed by atoms with Gasteiger partial charge >= 0.3 is 6.18 Å². The SMILES string of the molecule is Cc1cc(Nc2nccc(C(F)(F)F)n2)cc(-c2ccc(NC(C)(c3nnn[nH]3)C(C)(C)C)nc2)c1. The van der Waals surface area contributed by atoms with Crippen molar-refractivity contribution < 1.29 is 13.2 Å². The van der Waals surface area contributed by atoms with E-state index >= 15 is 0 Å². The molecule has 12 heteroatoms. The summed E-state index contributed by atoms with van der Waals surface area (Å²) in [6.07, 6.45) is -1.75. The molecule has 9 nitrogen and oxygen atoms in total. The maximum atomic E-state index is 13.0. The summed E-state index contributed by atoms with van der Waals surface area (Å²) in [4.78, 5) is 12.1. The van der Waals surface area contributed by atoms with E-state index in [0.29, 0.717) is 17.3 Å². The molecule has 0 aliphatic carbocycles. The van der Waals surface area contributed by atoms with Gasteiger partial charge in [-0.15, -0.1) is 5.10 Å². The van der Waals surface area contributed by atoms with Crippen molar-refractivity contribution in [2.45, 2.75) is 46.3 Å². The maximum absolute atomic E-state index is 13.0. The van der Waals surface area contributed by atoms with Gasteiger partial charge in [-0.1, -0.05) is 26.8 Å². The average molecular weight is 498 g/mol. The lowest BCUT2D eigenvalue weighted by atomic mass is 9.74. The van der Waals surface area contributed by atoms with Crippen molar-refractivity contribution in [1.29, 1.82) is 0 Å². The van der Waals surface area contributed by atoms with Gasteiger partial charge in [0.2, 0.25) is 5.95 Å².